The van der Waals surface area contributed by atoms with Gasteiger partial charge in [0.05, 0.1) is 10.6 Å². The molecule has 2 aromatic rings. The lowest BCUT2D eigenvalue weighted by Gasteiger charge is -2.21. The number of hydrogen-bond acceptors (Lipinski definition) is 6. The van der Waals surface area contributed by atoms with Gasteiger partial charge in [0.2, 0.25) is 0 Å². The molecule has 2 aliphatic rings. The molecule has 1 saturated heterocycles. The van der Waals surface area contributed by atoms with E-state index in [-0.39, 0.29) is 11.4 Å². The number of sulfonamides is 1. The molecule has 2 aliphatic heterocycles. The molecule has 10 heteroatoms. The molecule has 0 bridgehead atoms. The highest BCUT2D eigenvalue weighted by Gasteiger charge is 2.38. The van der Waals surface area contributed by atoms with E-state index in [1.54, 1.807) is 30.3 Å². The second-order valence-electron chi connectivity index (χ2n) is 6.50. The highest BCUT2D eigenvalue weighted by atomic mass is 32.2. The molecule has 0 saturated carbocycles. The van der Waals surface area contributed by atoms with Gasteiger partial charge in [0.25, 0.3) is 15.9 Å². The summed E-state index contributed by atoms with van der Waals surface area (Å²) in [5, 5.41) is 3.79. The smallest absolute Gasteiger partial charge is 0.327 e. The van der Waals surface area contributed by atoms with Crippen LogP contribution in [0.3, 0.4) is 0 Å². The lowest BCUT2D eigenvalue weighted by Crippen LogP contribution is -2.43. The summed E-state index contributed by atoms with van der Waals surface area (Å²) in [6, 6.07) is 9.50. The molecule has 0 radical (unpaired) electrons. The molecule has 1 N–H and O–H groups in total. The number of imide groups is 1. The van der Waals surface area contributed by atoms with Gasteiger partial charge < -0.3 is 10.1 Å². The van der Waals surface area contributed by atoms with Crippen molar-refractivity contribution in [3.8, 4) is 0 Å². The predicted molar refractivity (Wildman–Crippen MR) is 99.1 cm³/mol. The average molecular weight is 403 g/mol. The third kappa shape index (κ3) is 2.76. The first-order valence-electron chi connectivity index (χ1n) is 8.64. The van der Waals surface area contributed by atoms with Crippen LogP contribution in [-0.2, 0) is 24.3 Å². The second kappa shape index (κ2) is 6.48. The van der Waals surface area contributed by atoms with Crippen LogP contribution in [0.2, 0.25) is 0 Å². The van der Waals surface area contributed by atoms with Crippen molar-refractivity contribution in [2.24, 2.45) is 0 Å². The molecule has 9 nitrogen and oxygen atoms in total. The number of urea groups is 1. The summed E-state index contributed by atoms with van der Waals surface area (Å²) in [6.07, 6.45) is -1.21. The van der Waals surface area contributed by atoms with Crippen LogP contribution in [-0.4, -0.2) is 57.0 Å². The van der Waals surface area contributed by atoms with E-state index >= 15 is 0 Å². The summed E-state index contributed by atoms with van der Waals surface area (Å²) in [7, 11) is -3.90. The maximum absolute atomic E-state index is 12.9. The molecule has 0 unspecified atom stereocenters. The number of benzene rings is 2. The van der Waals surface area contributed by atoms with Crippen molar-refractivity contribution in [2.75, 3.05) is 23.9 Å². The lowest BCUT2D eigenvalue weighted by atomic mass is 10.1. The van der Waals surface area contributed by atoms with Crippen molar-refractivity contribution >= 4 is 44.4 Å². The Morgan fingerprint density at radius 1 is 1.21 bits per heavy atom. The molecule has 2 heterocycles. The largest absolute Gasteiger partial charge is 0.451 e. The zero-order valence-electron chi connectivity index (χ0n) is 14.9. The molecule has 3 amide bonds. The third-order valence-corrected chi connectivity index (χ3v) is 6.53. The summed E-state index contributed by atoms with van der Waals surface area (Å²) < 4.78 is 31.8. The van der Waals surface area contributed by atoms with Crippen molar-refractivity contribution in [1.29, 1.82) is 0 Å². The highest BCUT2D eigenvalue weighted by Crippen LogP contribution is 2.41. The predicted octanol–water partition coefficient (Wildman–Crippen LogP) is 0.832. The van der Waals surface area contributed by atoms with E-state index in [0.29, 0.717) is 17.6 Å². The first kappa shape index (κ1) is 18.2. The van der Waals surface area contributed by atoms with Crippen LogP contribution < -0.4 is 9.62 Å². The number of hydrogen-bond donors (Lipinski definition) is 1. The maximum atomic E-state index is 12.9. The molecule has 0 aliphatic carbocycles. The van der Waals surface area contributed by atoms with Gasteiger partial charge in [-0.1, -0.05) is 24.3 Å². The molecule has 4 rings (SSSR count). The second-order valence-corrected chi connectivity index (χ2v) is 8.33. The van der Waals surface area contributed by atoms with Crippen molar-refractivity contribution in [3.05, 3.63) is 36.4 Å². The fraction of sp³-hybridized carbons (Fsp3) is 0.278. The maximum Gasteiger partial charge on any atom is 0.327 e. The van der Waals surface area contributed by atoms with Crippen LogP contribution in [0.4, 0.5) is 10.5 Å². The number of carbonyl (C=O) groups is 3. The SMILES string of the molecule is C[C@H](OC(=O)CN1c2cccc3cccc(c23)S1(=O)=O)C(=O)N1CCNC1=O. The van der Waals surface area contributed by atoms with Gasteiger partial charge in [0.1, 0.15) is 6.54 Å². The van der Waals surface area contributed by atoms with Crippen LogP contribution in [0, 0.1) is 0 Å². The Morgan fingerprint density at radius 3 is 2.61 bits per heavy atom. The minimum absolute atomic E-state index is 0.131. The molecule has 0 aromatic heterocycles. The Morgan fingerprint density at radius 2 is 1.93 bits per heavy atom. The monoisotopic (exact) mass is 403 g/mol. The first-order valence-corrected chi connectivity index (χ1v) is 10.1. The van der Waals surface area contributed by atoms with Crippen molar-refractivity contribution in [1.82, 2.24) is 10.2 Å². The fourth-order valence-corrected chi connectivity index (χ4v) is 5.09. The van der Waals surface area contributed by atoms with Gasteiger partial charge in [0, 0.05) is 18.5 Å². The summed E-state index contributed by atoms with van der Waals surface area (Å²) in [5.41, 5.74) is 0.392. The van der Waals surface area contributed by atoms with Crippen LogP contribution in [0.25, 0.3) is 10.8 Å². The zero-order valence-corrected chi connectivity index (χ0v) is 15.7. The Hall–Kier alpha value is -3.14. The molecule has 2 aromatic carbocycles. The van der Waals surface area contributed by atoms with Gasteiger partial charge in [-0.3, -0.25) is 18.8 Å². The summed E-state index contributed by atoms with van der Waals surface area (Å²) in [5.74, 6) is -1.54. The summed E-state index contributed by atoms with van der Waals surface area (Å²) in [4.78, 5) is 37.3. The summed E-state index contributed by atoms with van der Waals surface area (Å²) >= 11 is 0. The minimum atomic E-state index is -3.90. The fourth-order valence-electron chi connectivity index (χ4n) is 3.43. The number of nitrogens with one attached hydrogen (secondary N) is 1. The van der Waals surface area contributed by atoms with E-state index in [1.165, 1.54) is 13.0 Å². The van der Waals surface area contributed by atoms with Crippen LogP contribution in [0.5, 0.6) is 0 Å². The molecular formula is C18H17N3O6S. The van der Waals surface area contributed by atoms with Gasteiger partial charge >= 0.3 is 12.0 Å². The van der Waals surface area contributed by atoms with Crippen LogP contribution in [0.15, 0.2) is 41.3 Å². The van der Waals surface area contributed by atoms with Gasteiger partial charge in [-0.05, 0) is 24.4 Å². The van der Waals surface area contributed by atoms with Crippen molar-refractivity contribution < 1.29 is 27.5 Å². The van der Waals surface area contributed by atoms with E-state index in [1.807, 2.05) is 0 Å². The Bertz CT molecular complexity index is 1110. The van der Waals surface area contributed by atoms with E-state index < -0.39 is 40.6 Å². The Kier molecular flexibility index (Phi) is 4.22. The number of nitrogens with zero attached hydrogens (tertiary/aromatic N) is 2. The van der Waals surface area contributed by atoms with E-state index in [9.17, 15) is 22.8 Å². The van der Waals surface area contributed by atoms with Crippen molar-refractivity contribution in [3.63, 3.8) is 0 Å². The average Bonchev–Trinajstić information content (AvgIpc) is 3.18. The van der Waals surface area contributed by atoms with E-state index in [2.05, 4.69) is 5.32 Å². The number of esters is 1. The third-order valence-electron chi connectivity index (χ3n) is 4.73. The molecule has 146 valence electrons. The normalized spacial score (nSPS) is 18.2. The minimum Gasteiger partial charge on any atom is -0.451 e. The van der Waals surface area contributed by atoms with E-state index in [0.717, 1.165) is 14.6 Å². The number of ether oxygens (including phenoxy) is 1. The first-order chi connectivity index (χ1) is 13.3. The Balaban J connectivity index is 1.53. The molecular weight excluding hydrogens is 386 g/mol. The highest BCUT2D eigenvalue weighted by molar-refractivity contribution is 7.93. The van der Waals surface area contributed by atoms with Gasteiger partial charge in [-0.2, -0.15) is 0 Å². The standard InChI is InChI=1S/C18H17N3O6S/c1-11(17(23)20-9-8-19-18(20)24)27-15(22)10-21-13-6-2-4-12-5-3-7-14(16(12)13)28(21,25)26/h2-7,11H,8-10H2,1H3,(H,19,24)/t11-/m0/s1. The topological polar surface area (TPSA) is 113 Å². The lowest BCUT2D eigenvalue weighted by molar-refractivity contribution is -0.156. The van der Waals surface area contributed by atoms with Gasteiger partial charge in [0.15, 0.2) is 6.10 Å². The molecule has 1 atom stereocenters. The van der Waals surface area contributed by atoms with Crippen LogP contribution >= 0.6 is 0 Å². The van der Waals surface area contributed by atoms with Gasteiger partial charge in [-0.25, -0.2) is 13.2 Å². The van der Waals surface area contributed by atoms with Crippen molar-refractivity contribution in [2.45, 2.75) is 17.9 Å². The summed E-state index contributed by atoms with van der Waals surface area (Å²) in [6.45, 7) is 1.30. The Labute approximate surface area is 160 Å². The van der Waals surface area contributed by atoms with Gasteiger partial charge in [-0.15, -0.1) is 0 Å². The number of anilines is 1. The number of rotatable bonds is 4. The number of amides is 3. The molecule has 0 spiro atoms. The molecule has 28 heavy (non-hydrogen) atoms. The molecule has 1 fully saturated rings. The van der Waals surface area contributed by atoms with Crippen LogP contribution in [0.1, 0.15) is 6.92 Å². The number of carbonyl (C=O) groups excluding carboxylic acids is 3. The quantitative estimate of drug-likeness (QED) is 0.757. The zero-order chi connectivity index (χ0) is 20.1. The van der Waals surface area contributed by atoms with E-state index in [4.69, 9.17) is 4.74 Å².